The molecule has 2 aliphatic rings. The van der Waals surface area contributed by atoms with E-state index < -0.39 is 4.92 Å². The van der Waals surface area contributed by atoms with E-state index in [4.69, 9.17) is 4.42 Å². The van der Waals surface area contributed by atoms with Crippen LogP contribution in [-0.2, 0) is 11.8 Å². The molecule has 0 radical (unpaired) electrons. The molecule has 0 N–H and O–H groups in total. The van der Waals surface area contributed by atoms with Gasteiger partial charge in [0.2, 0.25) is 5.69 Å². The van der Waals surface area contributed by atoms with E-state index in [0.717, 1.165) is 25.3 Å². The number of nitrogens with zero attached hydrogens (tertiary/aromatic N) is 2. The first-order valence-electron chi connectivity index (χ1n) is 14.7. The maximum Gasteiger partial charge on any atom is 0.433 e. The number of benzene rings is 3. The Balaban J connectivity index is 1.43. The van der Waals surface area contributed by atoms with Gasteiger partial charge in [-0.15, -0.1) is 0 Å². The van der Waals surface area contributed by atoms with Crippen molar-refractivity contribution in [2.45, 2.75) is 63.7 Å². The van der Waals surface area contributed by atoms with E-state index in [1.54, 1.807) is 6.07 Å². The molecule has 5 nitrogen and oxygen atoms in total. The molecule has 1 aromatic heterocycles. The highest BCUT2D eigenvalue weighted by atomic mass is 16.6. The number of allylic oxidation sites excluding steroid dienone is 1. The van der Waals surface area contributed by atoms with E-state index >= 15 is 0 Å². The molecule has 5 heteroatoms. The summed E-state index contributed by atoms with van der Waals surface area (Å²) in [5, 5.41) is 13.8. The molecular weight excluding hydrogens is 496 g/mol. The summed E-state index contributed by atoms with van der Waals surface area (Å²) in [4.78, 5) is 10.7. The Morgan fingerprint density at radius 2 is 1.73 bits per heavy atom. The molecule has 0 bridgehead atoms. The van der Waals surface area contributed by atoms with Crippen molar-refractivity contribution in [3.8, 4) is 0 Å². The van der Waals surface area contributed by atoms with Crippen LogP contribution in [0.4, 0.5) is 11.6 Å². The molecule has 2 heterocycles. The molecule has 1 saturated carbocycles. The number of furan rings is 1. The number of unbranched alkanes of at least 4 members (excludes halogenated alkanes) is 1. The fourth-order valence-electron chi connectivity index (χ4n) is 7.01. The third-order valence-corrected chi connectivity index (χ3v) is 8.92. The van der Waals surface area contributed by atoms with Crippen LogP contribution in [0.3, 0.4) is 0 Å². The first kappa shape index (κ1) is 26.2. The van der Waals surface area contributed by atoms with Crippen molar-refractivity contribution < 1.29 is 13.9 Å². The fraction of sp³-hybridized carbons (Fsp3) is 0.343. The summed E-state index contributed by atoms with van der Waals surface area (Å²) in [5.41, 5.74) is 4.82. The Bertz CT molecular complexity index is 1580. The maximum atomic E-state index is 11.2. The van der Waals surface area contributed by atoms with Crippen molar-refractivity contribution in [3.63, 3.8) is 0 Å². The third kappa shape index (κ3) is 5.13. The van der Waals surface area contributed by atoms with E-state index in [9.17, 15) is 10.1 Å². The number of rotatable bonds is 10. The predicted molar refractivity (Wildman–Crippen MR) is 161 cm³/mol. The average Bonchev–Trinajstić information content (AvgIpc) is 3.70. The first-order valence-corrected chi connectivity index (χ1v) is 14.7. The van der Waals surface area contributed by atoms with E-state index in [2.05, 4.69) is 84.3 Å². The Morgan fingerprint density at radius 1 is 0.950 bits per heavy atom. The Kier molecular flexibility index (Phi) is 7.38. The Labute approximate surface area is 236 Å². The zero-order valence-electron chi connectivity index (χ0n) is 23.2. The highest BCUT2D eigenvalue weighted by molar-refractivity contribution is 6.09. The number of nitro groups is 1. The summed E-state index contributed by atoms with van der Waals surface area (Å²) in [6.45, 7) is 3.30. The molecule has 1 aliphatic carbocycles. The van der Waals surface area contributed by atoms with Gasteiger partial charge in [0.1, 0.15) is 17.2 Å². The molecule has 1 unspecified atom stereocenters. The predicted octanol–water partition coefficient (Wildman–Crippen LogP) is 9.01. The summed E-state index contributed by atoms with van der Waals surface area (Å²) in [6, 6.07) is 27.0. The standard InChI is InChI=1S/C35H37N2O3/c1-35(25-27-14-3-2-4-15-27)32(22-19-29-20-23-33(40-29)37(38)39)36(24-10-9-13-26-11-5-6-12-26)31-21-18-28-16-7-8-17-30(28)34(31)35/h2-4,7-8,14-23,26H,5-6,9-13,24-25H2,1H3/q+1/b22-19+. The molecule has 0 spiro atoms. The fourth-order valence-corrected chi connectivity index (χ4v) is 7.01. The third-order valence-electron chi connectivity index (χ3n) is 8.92. The van der Waals surface area contributed by atoms with Crippen molar-refractivity contribution in [2.75, 3.05) is 6.54 Å². The van der Waals surface area contributed by atoms with Crippen LogP contribution in [0.25, 0.3) is 16.8 Å². The molecule has 6 rings (SSSR count). The van der Waals surface area contributed by atoms with Crippen LogP contribution >= 0.6 is 0 Å². The van der Waals surface area contributed by atoms with Crippen LogP contribution in [0.2, 0.25) is 0 Å². The summed E-state index contributed by atoms with van der Waals surface area (Å²) in [5.74, 6) is 1.15. The van der Waals surface area contributed by atoms with Crippen LogP contribution in [-0.4, -0.2) is 21.8 Å². The number of hydrogen-bond acceptors (Lipinski definition) is 3. The molecule has 1 aliphatic heterocycles. The number of fused-ring (bicyclic) bond motifs is 3. The van der Waals surface area contributed by atoms with Gasteiger partial charge in [0, 0.05) is 24.1 Å². The first-order chi connectivity index (χ1) is 19.5. The van der Waals surface area contributed by atoms with Gasteiger partial charge in [0.25, 0.3) is 0 Å². The molecule has 40 heavy (non-hydrogen) atoms. The van der Waals surface area contributed by atoms with Gasteiger partial charge in [-0.25, -0.2) is 0 Å². The zero-order chi connectivity index (χ0) is 27.5. The van der Waals surface area contributed by atoms with Gasteiger partial charge in [-0.2, -0.15) is 4.58 Å². The summed E-state index contributed by atoms with van der Waals surface area (Å²) in [6.07, 6.45) is 14.1. The van der Waals surface area contributed by atoms with Crippen molar-refractivity contribution in [1.82, 2.24) is 0 Å². The van der Waals surface area contributed by atoms with Gasteiger partial charge in [-0.05, 0) is 60.2 Å². The summed E-state index contributed by atoms with van der Waals surface area (Å²) < 4.78 is 8.02. The van der Waals surface area contributed by atoms with E-state index in [1.165, 1.54) is 77.9 Å². The van der Waals surface area contributed by atoms with Gasteiger partial charge in [-0.3, -0.25) is 10.1 Å². The van der Waals surface area contributed by atoms with Gasteiger partial charge in [0.05, 0.1) is 11.5 Å². The minimum absolute atomic E-state index is 0.235. The second kappa shape index (κ2) is 11.2. The van der Waals surface area contributed by atoms with Crippen LogP contribution in [0.1, 0.15) is 68.8 Å². The largest absolute Gasteiger partial charge is 0.433 e. The van der Waals surface area contributed by atoms with Gasteiger partial charge >= 0.3 is 5.88 Å². The van der Waals surface area contributed by atoms with E-state index in [0.29, 0.717) is 5.76 Å². The lowest BCUT2D eigenvalue weighted by Gasteiger charge is -2.24. The van der Waals surface area contributed by atoms with Crippen LogP contribution < -0.4 is 0 Å². The molecule has 1 atom stereocenters. The lowest BCUT2D eigenvalue weighted by molar-refractivity contribution is -0.438. The Morgan fingerprint density at radius 3 is 2.50 bits per heavy atom. The molecule has 4 aromatic rings. The lowest BCUT2D eigenvalue weighted by Crippen LogP contribution is -2.34. The quantitative estimate of drug-likeness (QED) is 0.0884. The van der Waals surface area contributed by atoms with Crippen molar-refractivity contribution in [3.05, 3.63) is 112 Å². The zero-order valence-corrected chi connectivity index (χ0v) is 23.2. The minimum atomic E-state index is -0.488. The summed E-state index contributed by atoms with van der Waals surface area (Å²) >= 11 is 0. The van der Waals surface area contributed by atoms with Crippen molar-refractivity contribution in [2.24, 2.45) is 5.92 Å². The van der Waals surface area contributed by atoms with E-state index in [1.807, 2.05) is 6.08 Å². The second-order valence-corrected chi connectivity index (χ2v) is 11.6. The molecule has 0 saturated heterocycles. The van der Waals surface area contributed by atoms with Crippen molar-refractivity contribution in [1.29, 1.82) is 0 Å². The van der Waals surface area contributed by atoms with Crippen LogP contribution in [0, 0.1) is 16.0 Å². The second-order valence-electron chi connectivity index (χ2n) is 11.6. The lowest BCUT2D eigenvalue weighted by atomic mass is 9.73. The topological polar surface area (TPSA) is 59.3 Å². The van der Waals surface area contributed by atoms with Crippen molar-refractivity contribution >= 4 is 34.1 Å². The monoisotopic (exact) mass is 533 g/mol. The average molecular weight is 534 g/mol. The molecule has 0 amide bonds. The SMILES string of the molecule is CC1(Cc2ccccc2)C(/C=C/c2ccc([N+](=O)[O-])o2)=[N+](CCCCC2CCCC2)c2ccc3ccccc3c21. The van der Waals surface area contributed by atoms with Crippen LogP contribution in [0.15, 0.2) is 89.4 Å². The highest BCUT2D eigenvalue weighted by Gasteiger charge is 2.48. The van der Waals surface area contributed by atoms with Gasteiger partial charge in [0.15, 0.2) is 5.71 Å². The number of hydrogen-bond donors (Lipinski definition) is 0. The molecule has 3 aromatic carbocycles. The minimum Gasteiger partial charge on any atom is -0.401 e. The smallest absolute Gasteiger partial charge is 0.401 e. The highest BCUT2D eigenvalue weighted by Crippen LogP contribution is 2.46. The van der Waals surface area contributed by atoms with Gasteiger partial charge in [-0.1, -0.05) is 86.7 Å². The Hall–Kier alpha value is -3.99. The van der Waals surface area contributed by atoms with Gasteiger partial charge < -0.3 is 4.42 Å². The molecule has 204 valence electrons. The molecular formula is C35H37N2O3+. The van der Waals surface area contributed by atoms with Crippen LogP contribution in [0.5, 0.6) is 0 Å². The normalized spacial score (nSPS) is 19.2. The summed E-state index contributed by atoms with van der Waals surface area (Å²) in [7, 11) is 0. The van der Waals surface area contributed by atoms with E-state index in [-0.39, 0.29) is 11.3 Å². The molecule has 1 fully saturated rings. The maximum absolute atomic E-state index is 11.2.